The summed E-state index contributed by atoms with van der Waals surface area (Å²) in [5, 5.41) is 22.0. The second-order valence-electron chi connectivity index (χ2n) is 6.13. The number of ether oxygens (including phenoxy) is 1. The van der Waals surface area contributed by atoms with E-state index in [0.29, 0.717) is 18.7 Å². The first kappa shape index (κ1) is 18.0. The van der Waals surface area contributed by atoms with Gasteiger partial charge in [-0.05, 0) is 37.1 Å². The molecule has 0 aliphatic rings. The SMILES string of the molecule is CCC(C)(CO)NCc1cccc(OCc2ccccc2C#N)c1. The third-order valence-electron chi connectivity index (χ3n) is 4.28. The lowest BCUT2D eigenvalue weighted by Crippen LogP contribution is -2.44. The lowest BCUT2D eigenvalue weighted by molar-refractivity contribution is 0.169. The van der Waals surface area contributed by atoms with Crippen LogP contribution in [-0.4, -0.2) is 17.3 Å². The Balaban J connectivity index is 1.99. The molecule has 0 saturated carbocycles. The van der Waals surface area contributed by atoms with Gasteiger partial charge >= 0.3 is 0 Å². The fourth-order valence-corrected chi connectivity index (χ4v) is 2.27. The molecule has 2 N–H and O–H groups in total. The van der Waals surface area contributed by atoms with E-state index in [2.05, 4.69) is 18.3 Å². The van der Waals surface area contributed by atoms with Gasteiger partial charge < -0.3 is 15.2 Å². The predicted molar refractivity (Wildman–Crippen MR) is 94.6 cm³/mol. The van der Waals surface area contributed by atoms with Gasteiger partial charge in [0.15, 0.2) is 0 Å². The van der Waals surface area contributed by atoms with Crippen molar-refractivity contribution in [2.45, 2.75) is 39.0 Å². The lowest BCUT2D eigenvalue weighted by Gasteiger charge is -2.27. The summed E-state index contributed by atoms with van der Waals surface area (Å²) in [4.78, 5) is 0. The quantitative estimate of drug-likeness (QED) is 0.781. The van der Waals surface area contributed by atoms with Crippen LogP contribution in [0.4, 0.5) is 0 Å². The molecule has 4 nitrogen and oxygen atoms in total. The van der Waals surface area contributed by atoms with Crippen molar-refractivity contribution in [2.75, 3.05) is 6.61 Å². The maximum Gasteiger partial charge on any atom is 0.120 e. The summed E-state index contributed by atoms with van der Waals surface area (Å²) < 4.78 is 5.83. The molecule has 24 heavy (non-hydrogen) atoms. The van der Waals surface area contributed by atoms with Crippen molar-refractivity contribution in [1.82, 2.24) is 5.32 Å². The summed E-state index contributed by atoms with van der Waals surface area (Å²) in [5.41, 5.74) is 2.33. The summed E-state index contributed by atoms with van der Waals surface area (Å²) in [5.74, 6) is 0.768. The highest BCUT2D eigenvalue weighted by atomic mass is 16.5. The molecule has 2 aromatic carbocycles. The summed E-state index contributed by atoms with van der Waals surface area (Å²) in [7, 11) is 0. The smallest absolute Gasteiger partial charge is 0.120 e. The first-order valence-electron chi connectivity index (χ1n) is 8.16. The average Bonchev–Trinajstić information content (AvgIpc) is 2.65. The van der Waals surface area contributed by atoms with E-state index in [1.807, 2.05) is 49.4 Å². The van der Waals surface area contributed by atoms with Gasteiger partial charge in [0.05, 0.1) is 18.2 Å². The summed E-state index contributed by atoms with van der Waals surface area (Å²) in [6.45, 7) is 5.19. The number of hydrogen-bond acceptors (Lipinski definition) is 4. The Kier molecular flexibility index (Phi) is 6.36. The minimum atomic E-state index is -0.275. The highest BCUT2D eigenvalue weighted by molar-refractivity contribution is 5.37. The van der Waals surface area contributed by atoms with Crippen LogP contribution in [0.3, 0.4) is 0 Å². The highest BCUT2D eigenvalue weighted by Crippen LogP contribution is 2.18. The van der Waals surface area contributed by atoms with E-state index >= 15 is 0 Å². The third kappa shape index (κ3) is 4.82. The van der Waals surface area contributed by atoms with Gasteiger partial charge in [-0.2, -0.15) is 5.26 Å². The van der Waals surface area contributed by atoms with Gasteiger partial charge in [-0.15, -0.1) is 0 Å². The number of rotatable bonds is 8. The molecule has 126 valence electrons. The van der Waals surface area contributed by atoms with E-state index in [0.717, 1.165) is 23.3 Å². The van der Waals surface area contributed by atoms with Crippen LogP contribution in [0, 0.1) is 11.3 Å². The van der Waals surface area contributed by atoms with E-state index in [1.54, 1.807) is 6.07 Å². The second-order valence-corrected chi connectivity index (χ2v) is 6.13. The fourth-order valence-electron chi connectivity index (χ4n) is 2.27. The zero-order chi connectivity index (χ0) is 17.4. The molecule has 0 saturated heterocycles. The van der Waals surface area contributed by atoms with Gasteiger partial charge in [-0.3, -0.25) is 0 Å². The number of aliphatic hydroxyl groups is 1. The maximum atomic E-state index is 9.46. The van der Waals surface area contributed by atoms with Gasteiger partial charge in [-0.25, -0.2) is 0 Å². The molecular formula is C20H24N2O2. The Morgan fingerprint density at radius 1 is 1.21 bits per heavy atom. The number of benzene rings is 2. The van der Waals surface area contributed by atoms with Crippen molar-refractivity contribution in [3.8, 4) is 11.8 Å². The molecule has 4 heteroatoms. The number of nitriles is 1. The zero-order valence-electron chi connectivity index (χ0n) is 14.2. The van der Waals surface area contributed by atoms with Crippen LogP contribution < -0.4 is 10.1 Å². The van der Waals surface area contributed by atoms with Crippen LogP contribution in [0.5, 0.6) is 5.75 Å². The highest BCUT2D eigenvalue weighted by Gasteiger charge is 2.19. The van der Waals surface area contributed by atoms with Crippen molar-refractivity contribution >= 4 is 0 Å². The third-order valence-corrected chi connectivity index (χ3v) is 4.28. The summed E-state index contributed by atoms with van der Waals surface area (Å²) in [6, 6.07) is 17.5. The Hall–Kier alpha value is -2.35. The van der Waals surface area contributed by atoms with Gasteiger partial charge in [0, 0.05) is 17.6 Å². The second kappa shape index (κ2) is 8.49. The molecule has 1 atom stereocenters. The lowest BCUT2D eigenvalue weighted by atomic mass is 10.00. The van der Waals surface area contributed by atoms with Crippen molar-refractivity contribution in [3.63, 3.8) is 0 Å². The number of hydrogen-bond donors (Lipinski definition) is 2. The van der Waals surface area contributed by atoms with Crippen molar-refractivity contribution < 1.29 is 9.84 Å². The first-order valence-corrected chi connectivity index (χ1v) is 8.16. The molecule has 0 radical (unpaired) electrons. The van der Waals surface area contributed by atoms with Gasteiger partial charge in [-0.1, -0.05) is 37.3 Å². The largest absolute Gasteiger partial charge is 0.489 e. The molecule has 0 heterocycles. The van der Waals surface area contributed by atoms with E-state index in [9.17, 15) is 5.11 Å². The van der Waals surface area contributed by atoms with E-state index in [1.165, 1.54) is 0 Å². The molecule has 1 unspecified atom stereocenters. The topological polar surface area (TPSA) is 65.3 Å². The predicted octanol–water partition coefficient (Wildman–Crippen LogP) is 3.39. The van der Waals surface area contributed by atoms with Crippen LogP contribution in [0.1, 0.15) is 37.0 Å². The van der Waals surface area contributed by atoms with Crippen LogP contribution in [-0.2, 0) is 13.2 Å². The standard InChI is InChI=1S/C20H24N2O2/c1-3-20(2,15-23)22-13-16-7-6-10-19(11-16)24-14-18-9-5-4-8-17(18)12-21/h4-11,22-23H,3,13-15H2,1-2H3. The number of aliphatic hydroxyl groups excluding tert-OH is 1. The molecular weight excluding hydrogens is 300 g/mol. The van der Waals surface area contributed by atoms with Gasteiger partial charge in [0.2, 0.25) is 0 Å². The number of nitrogens with zero attached hydrogens (tertiary/aromatic N) is 1. The molecule has 0 spiro atoms. The Labute approximate surface area is 143 Å². The Morgan fingerprint density at radius 3 is 2.71 bits per heavy atom. The van der Waals surface area contributed by atoms with Crippen molar-refractivity contribution in [1.29, 1.82) is 5.26 Å². The molecule has 2 rings (SSSR count). The molecule has 2 aromatic rings. The minimum Gasteiger partial charge on any atom is -0.489 e. The van der Waals surface area contributed by atoms with Gasteiger partial charge in [0.25, 0.3) is 0 Å². The molecule has 0 aromatic heterocycles. The van der Waals surface area contributed by atoms with Crippen molar-refractivity contribution in [2.24, 2.45) is 0 Å². The molecule has 0 aliphatic carbocycles. The maximum absolute atomic E-state index is 9.46. The van der Waals surface area contributed by atoms with E-state index < -0.39 is 0 Å². The van der Waals surface area contributed by atoms with Crippen LogP contribution in [0.2, 0.25) is 0 Å². The fraction of sp³-hybridized carbons (Fsp3) is 0.350. The summed E-state index contributed by atoms with van der Waals surface area (Å²) >= 11 is 0. The average molecular weight is 324 g/mol. The van der Waals surface area contributed by atoms with Crippen molar-refractivity contribution in [3.05, 3.63) is 65.2 Å². The van der Waals surface area contributed by atoms with Crippen LogP contribution >= 0.6 is 0 Å². The van der Waals surface area contributed by atoms with Gasteiger partial charge in [0.1, 0.15) is 12.4 Å². The monoisotopic (exact) mass is 324 g/mol. The van der Waals surface area contributed by atoms with Crippen LogP contribution in [0.25, 0.3) is 0 Å². The molecule has 0 bridgehead atoms. The first-order chi connectivity index (χ1) is 11.6. The minimum absolute atomic E-state index is 0.102. The molecule has 0 aliphatic heterocycles. The van der Waals surface area contributed by atoms with E-state index in [4.69, 9.17) is 10.00 Å². The normalized spacial score (nSPS) is 13.1. The number of nitrogens with one attached hydrogen (secondary N) is 1. The molecule has 0 amide bonds. The Morgan fingerprint density at radius 2 is 2.00 bits per heavy atom. The Bertz CT molecular complexity index is 703. The summed E-state index contributed by atoms with van der Waals surface area (Å²) in [6.07, 6.45) is 0.852. The zero-order valence-corrected chi connectivity index (χ0v) is 14.2. The van der Waals surface area contributed by atoms with E-state index in [-0.39, 0.29) is 12.1 Å². The van der Waals surface area contributed by atoms with Crippen LogP contribution in [0.15, 0.2) is 48.5 Å². The molecule has 0 fully saturated rings.